The van der Waals surface area contributed by atoms with E-state index in [2.05, 4.69) is 23.3 Å². The number of sulfonamides is 1. The van der Waals surface area contributed by atoms with Gasteiger partial charge in [0.2, 0.25) is 10.0 Å². The van der Waals surface area contributed by atoms with E-state index in [0.717, 1.165) is 34.2 Å². The minimum atomic E-state index is -3.53. The number of piperidine rings is 1. The molecule has 1 aliphatic heterocycles. The fourth-order valence-corrected chi connectivity index (χ4v) is 6.40. The molecule has 0 bridgehead atoms. The zero-order valence-corrected chi connectivity index (χ0v) is 18.9. The number of thiazole rings is 1. The van der Waals surface area contributed by atoms with Gasteiger partial charge >= 0.3 is 0 Å². The van der Waals surface area contributed by atoms with Gasteiger partial charge in [0.05, 0.1) is 15.1 Å². The van der Waals surface area contributed by atoms with Crippen molar-refractivity contribution in [3.05, 3.63) is 53.1 Å². The molecule has 3 aromatic rings. The van der Waals surface area contributed by atoms with E-state index in [1.165, 1.54) is 23.5 Å². The number of hydrogen-bond donors (Lipinski definition) is 1. The summed E-state index contributed by atoms with van der Waals surface area (Å²) in [6, 6.07) is 10.2. The first-order valence-electron chi connectivity index (χ1n) is 10.0. The lowest BCUT2D eigenvalue weighted by molar-refractivity contribution is 0.102. The van der Waals surface area contributed by atoms with Crippen molar-refractivity contribution >= 4 is 42.6 Å². The molecule has 6 nitrogen and oxygen atoms in total. The molecule has 1 fully saturated rings. The van der Waals surface area contributed by atoms with E-state index in [-0.39, 0.29) is 10.8 Å². The normalized spacial score (nSPS) is 17.9. The van der Waals surface area contributed by atoms with E-state index in [1.807, 2.05) is 19.9 Å². The Kier molecular flexibility index (Phi) is 5.65. The first-order valence-corrected chi connectivity index (χ1v) is 12.3. The average molecular weight is 444 g/mol. The van der Waals surface area contributed by atoms with Crippen LogP contribution in [0.25, 0.3) is 10.2 Å². The summed E-state index contributed by atoms with van der Waals surface area (Å²) in [6.07, 6.45) is 1.93. The monoisotopic (exact) mass is 443 g/mol. The summed E-state index contributed by atoms with van der Waals surface area (Å²) >= 11 is 1.44. The second kappa shape index (κ2) is 8.09. The van der Waals surface area contributed by atoms with Crippen molar-refractivity contribution in [1.29, 1.82) is 0 Å². The lowest BCUT2D eigenvalue weighted by Crippen LogP contribution is -2.39. The van der Waals surface area contributed by atoms with Crippen molar-refractivity contribution in [3.8, 4) is 0 Å². The van der Waals surface area contributed by atoms with E-state index in [9.17, 15) is 13.2 Å². The van der Waals surface area contributed by atoms with Crippen molar-refractivity contribution in [2.24, 2.45) is 5.92 Å². The Bertz CT molecular complexity index is 1200. The number of benzene rings is 2. The van der Waals surface area contributed by atoms with Crippen LogP contribution in [-0.4, -0.2) is 36.7 Å². The summed E-state index contributed by atoms with van der Waals surface area (Å²) in [5.41, 5.74) is 3.52. The number of nitrogens with zero attached hydrogens (tertiary/aromatic N) is 2. The maximum absolute atomic E-state index is 12.9. The minimum Gasteiger partial charge on any atom is -0.298 e. The Morgan fingerprint density at radius 1 is 1.20 bits per heavy atom. The Hall–Kier alpha value is -2.29. The van der Waals surface area contributed by atoms with Gasteiger partial charge in [-0.05, 0) is 74.1 Å². The van der Waals surface area contributed by atoms with Crippen molar-refractivity contribution in [3.63, 3.8) is 0 Å². The molecule has 1 aliphatic rings. The Balaban J connectivity index is 1.51. The van der Waals surface area contributed by atoms with Crippen LogP contribution in [0.3, 0.4) is 0 Å². The molecular weight excluding hydrogens is 418 g/mol. The van der Waals surface area contributed by atoms with Gasteiger partial charge in [-0.25, -0.2) is 13.4 Å². The summed E-state index contributed by atoms with van der Waals surface area (Å²) < 4.78 is 28.4. The smallest absolute Gasteiger partial charge is 0.257 e. The topological polar surface area (TPSA) is 79.4 Å². The Labute approximate surface area is 181 Å². The summed E-state index contributed by atoms with van der Waals surface area (Å²) in [6.45, 7) is 7.21. The van der Waals surface area contributed by atoms with Crippen LogP contribution in [-0.2, 0) is 10.0 Å². The van der Waals surface area contributed by atoms with E-state index < -0.39 is 10.0 Å². The van der Waals surface area contributed by atoms with Crippen LogP contribution in [0.15, 0.2) is 41.3 Å². The number of carbonyl (C=O) groups is 1. The lowest BCUT2D eigenvalue weighted by Gasteiger charge is -2.30. The molecule has 1 aromatic heterocycles. The Morgan fingerprint density at radius 2 is 1.93 bits per heavy atom. The molecule has 0 aliphatic carbocycles. The third-order valence-electron chi connectivity index (χ3n) is 5.41. The van der Waals surface area contributed by atoms with Gasteiger partial charge in [-0.3, -0.25) is 10.1 Å². The maximum atomic E-state index is 12.9. The van der Waals surface area contributed by atoms with Crippen LogP contribution in [0.4, 0.5) is 5.13 Å². The highest BCUT2D eigenvalue weighted by Gasteiger charge is 2.28. The highest BCUT2D eigenvalue weighted by atomic mass is 32.2. The van der Waals surface area contributed by atoms with Gasteiger partial charge in [0.1, 0.15) is 0 Å². The molecule has 0 radical (unpaired) electrons. The number of anilines is 1. The van der Waals surface area contributed by atoms with Gasteiger partial charge in [-0.1, -0.05) is 24.3 Å². The lowest BCUT2D eigenvalue weighted by atomic mass is 10.0. The van der Waals surface area contributed by atoms with Gasteiger partial charge in [0, 0.05) is 18.7 Å². The Morgan fingerprint density at radius 3 is 2.63 bits per heavy atom. The van der Waals surface area contributed by atoms with E-state index in [0.29, 0.717) is 29.7 Å². The van der Waals surface area contributed by atoms with Gasteiger partial charge in [0.25, 0.3) is 5.91 Å². The van der Waals surface area contributed by atoms with Gasteiger partial charge in [-0.15, -0.1) is 0 Å². The maximum Gasteiger partial charge on any atom is 0.257 e. The highest BCUT2D eigenvalue weighted by Crippen LogP contribution is 2.30. The SMILES string of the molecule is Cc1cc(C)c2sc(NC(=O)c3ccc(S(=O)(=O)N4CCCC(C)C4)cc3)nc2c1. The molecule has 30 heavy (non-hydrogen) atoms. The predicted octanol–water partition coefficient (Wildman–Crippen LogP) is 4.59. The summed E-state index contributed by atoms with van der Waals surface area (Å²) in [7, 11) is -3.53. The second-order valence-corrected chi connectivity index (χ2v) is 11.0. The van der Waals surface area contributed by atoms with E-state index >= 15 is 0 Å². The van der Waals surface area contributed by atoms with Crippen molar-refractivity contribution in [1.82, 2.24) is 9.29 Å². The van der Waals surface area contributed by atoms with Crippen LogP contribution in [0.5, 0.6) is 0 Å². The zero-order chi connectivity index (χ0) is 21.5. The summed E-state index contributed by atoms with van der Waals surface area (Å²) in [5.74, 6) is 0.0544. The van der Waals surface area contributed by atoms with Crippen LogP contribution >= 0.6 is 11.3 Å². The second-order valence-electron chi connectivity index (χ2n) is 8.04. The van der Waals surface area contributed by atoms with Crippen LogP contribution < -0.4 is 5.32 Å². The number of nitrogens with one attached hydrogen (secondary N) is 1. The molecule has 1 atom stereocenters. The van der Waals surface area contributed by atoms with E-state index in [4.69, 9.17) is 0 Å². The zero-order valence-electron chi connectivity index (χ0n) is 17.3. The van der Waals surface area contributed by atoms with Crippen LogP contribution in [0.2, 0.25) is 0 Å². The molecule has 8 heteroatoms. The fraction of sp³-hybridized carbons (Fsp3) is 0.364. The van der Waals surface area contributed by atoms with Crippen LogP contribution in [0, 0.1) is 19.8 Å². The molecular formula is C22H25N3O3S2. The fourth-order valence-electron chi connectivity index (χ4n) is 3.89. The third-order valence-corrected chi connectivity index (χ3v) is 8.42. The first-order chi connectivity index (χ1) is 14.2. The largest absolute Gasteiger partial charge is 0.298 e. The van der Waals surface area contributed by atoms with Gasteiger partial charge in [0.15, 0.2) is 5.13 Å². The molecule has 158 valence electrons. The molecule has 4 rings (SSSR count). The van der Waals surface area contributed by atoms with Crippen molar-refractivity contribution in [2.45, 2.75) is 38.5 Å². The van der Waals surface area contributed by atoms with Gasteiger partial charge < -0.3 is 0 Å². The van der Waals surface area contributed by atoms with Crippen LogP contribution in [0.1, 0.15) is 41.3 Å². The number of carbonyl (C=O) groups excluding carboxylic acids is 1. The summed E-state index contributed by atoms with van der Waals surface area (Å²) in [5, 5.41) is 3.36. The molecule has 1 N–H and O–H groups in total. The molecule has 1 saturated heterocycles. The molecule has 1 unspecified atom stereocenters. The number of fused-ring (bicyclic) bond motifs is 1. The van der Waals surface area contributed by atoms with Crippen molar-refractivity contribution in [2.75, 3.05) is 18.4 Å². The highest BCUT2D eigenvalue weighted by molar-refractivity contribution is 7.89. The third kappa shape index (κ3) is 4.12. The minimum absolute atomic E-state index is 0.222. The average Bonchev–Trinajstić information content (AvgIpc) is 3.10. The molecule has 0 spiro atoms. The number of aryl methyl sites for hydroxylation is 2. The number of amides is 1. The summed E-state index contributed by atoms with van der Waals surface area (Å²) in [4.78, 5) is 17.4. The number of hydrogen-bond acceptors (Lipinski definition) is 5. The molecule has 2 heterocycles. The molecule has 0 saturated carbocycles. The number of aromatic nitrogens is 1. The predicted molar refractivity (Wildman–Crippen MR) is 121 cm³/mol. The standard InChI is InChI=1S/C22H25N3O3S2/c1-14-5-4-10-25(13-14)30(27,28)18-8-6-17(7-9-18)21(26)24-22-23-19-12-15(2)11-16(3)20(19)29-22/h6-9,11-12,14H,4-5,10,13H2,1-3H3,(H,23,24,26). The van der Waals surface area contributed by atoms with E-state index in [1.54, 1.807) is 16.4 Å². The quantitative estimate of drug-likeness (QED) is 0.640. The van der Waals surface area contributed by atoms with Crippen molar-refractivity contribution < 1.29 is 13.2 Å². The molecule has 1 amide bonds. The van der Waals surface area contributed by atoms with Gasteiger partial charge in [-0.2, -0.15) is 4.31 Å². The number of rotatable bonds is 4. The first kappa shape index (κ1) is 21.0. The molecule has 2 aromatic carbocycles.